The summed E-state index contributed by atoms with van der Waals surface area (Å²) in [4.78, 5) is 30.6. The minimum atomic E-state index is 0.00425. The van der Waals surface area contributed by atoms with E-state index >= 15 is 0 Å². The highest BCUT2D eigenvalue weighted by molar-refractivity contribution is 6.08. The highest BCUT2D eigenvalue weighted by atomic mass is 16.2. The molecule has 1 aliphatic heterocycles. The van der Waals surface area contributed by atoms with E-state index in [4.69, 9.17) is 0 Å². The van der Waals surface area contributed by atoms with Crippen LogP contribution >= 0.6 is 0 Å². The van der Waals surface area contributed by atoms with Gasteiger partial charge >= 0.3 is 0 Å². The Labute approximate surface area is 195 Å². The first-order valence-corrected chi connectivity index (χ1v) is 12.0. The van der Waals surface area contributed by atoms with Gasteiger partial charge in [-0.2, -0.15) is 0 Å². The molecule has 3 aromatic rings. The summed E-state index contributed by atoms with van der Waals surface area (Å²) in [6.45, 7) is 6.30. The van der Waals surface area contributed by atoms with E-state index in [1.54, 1.807) is 0 Å². The molecular weight excluding hydrogens is 410 g/mol. The molecule has 5 nitrogen and oxygen atoms in total. The number of amides is 2. The lowest BCUT2D eigenvalue weighted by Gasteiger charge is -2.24. The maximum atomic E-state index is 13.7. The molecule has 5 heteroatoms. The van der Waals surface area contributed by atoms with Gasteiger partial charge in [-0.1, -0.05) is 48.5 Å². The average Bonchev–Trinajstić information content (AvgIpc) is 3.68. The van der Waals surface area contributed by atoms with Crippen LogP contribution in [0.4, 0.5) is 5.69 Å². The second kappa shape index (κ2) is 9.36. The van der Waals surface area contributed by atoms with Crippen LogP contribution in [0.15, 0.2) is 60.7 Å². The van der Waals surface area contributed by atoms with E-state index in [1.807, 2.05) is 41.3 Å². The highest BCUT2D eigenvalue weighted by Gasteiger charge is 2.31. The first kappa shape index (κ1) is 21.7. The van der Waals surface area contributed by atoms with Gasteiger partial charge in [0, 0.05) is 38.6 Å². The molecule has 1 saturated heterocycles. The molecule has 0 spiro atoms. The molecule has 170 valence electrons. The molecule has 1 aliphatic carbocycles. The second-order valence-electron chi connectivity index (χ2n) is 9.36. The fraction of sp³-hybridized carbons (Fsp3) is 0.357. The fourth-order valence-corrected chi connectivity index (χ4v) is 4.63. The number of nitrogens with zero attached hydrogens (tertiary/aromatic N) is 2. The number of benzene rings is 3. The van der Waals surface area contributed by atoms with Gasteiger partial charge in [0.15, 0.2) is 0 Å². The fourth-order valence-electron chi connectivity index (χ4n) is 4.63. The molecule has 2 amide bonds. The van der Waals surface area contributed by atoms with Gasteiger partial charge in [-0.25, -0.2) is 0 Å². The smallest absolute Gasteiger partial charge is 0.256 e. The summed E-state index contributed by atoms with van der Waals surface area (Å²) in [6, 6.07) is 20.4. The molecule has 1 heterocycles. The average molecular weight is 442 g/mol. The summed E-state index contributed by atoms with van der Waals surface area (Å²) in [6.07, 6.45) is 2.81. The predicted molar refractivity (Wildman–Crippen MR) is 132 cm³/mol. The number of hydrogen-bond acceptors (Lipinski definition) is 3. The van der Waals surface area contributed by atoms with Gasteiger partial charge in [0.1, 0.15) is 0 Å². The van der Waals surface area contributed by atoms with Crippen LogP contribution in [0.3, 0.4) is 0 Å². The van der Waals surface area contributed by atoms with E-state index in [0.29, 0.717) is 17.8 Å². The molecular formula is C28H31N3O2. The Kier molecular flexibility index (Phi) is 6.14. The molecule has 0 radical (unpaired) electrons. The van der Waals surface area contributed by atoms with Gasteiger partial charge in [-0.3, -0.25) is 14.5 Å². The quantitative estimate of drug-likeness (QED) is 0.616. The maximum absolute atomic E-state index is 13.7. The lowest BCUT2D eigenvalue weighted by Crippen LogP contribution is -2.35. The summed E-state index contributed by atoms with van der Waals surface area (Å²) in [5, 5.41) is 5.09. The number of fused-ring (bicyclic) bond motifs is 1. The minimum Gasteiger partial charge on any atom is -0.337 e. The van der Waals surface area contributed by atoms with Crippen molar-refractivity contribution in [2.24, 2.45) is 5.92 Å². The molecule has 2 fully saturated rings. The van der Waals surface area contributed by atoms with E-state index in [1.165, 1.54) is 11.1 Å². The van der Waals surface area contributed by atoms with Crippen LogP contribution in [0.25, 0.3) is 10.8 Å². The monoisotopic (exact) mass is 441 g/mol. The van der Waals surface area contributed by atoms with Crippen LogP contribution in [-0.2, 0) is 11.3 Å². The molecule has 1 N–H and O–H groups in total. The summed E-state index contributed by atoms with van der Waals surface area (Å²) in [5.74, 6) is 0.122. The normalized spacial score (nSPS) is 17.1. The molecule has 3 aromatic carbocycles. The van der Waals surface area contributed by atoms with E-state index in [9.17, 15) is 9.59 Å². The Bertz CT molecular complexity index is 1180. The first-order valence-electron chi connectivity index (χ1n) is 12.0. The lowest BCUT2D eigenvalue weighted by atomic mass is 10.0. The Hall–Kier alpha value is -3.18. The van der Waals surface area contributed by atoms with Crippen LogP contribution in [0.1, 0.15) is 40.7 Å². The topological polar surface area (TPSA) is 52.6 Å². The zero-order valence-electron chi connectivity index (χ0n) is 19.2. The number of carbonyl (C=O) groups excluding carboxylic acids is 2. The van der Waals surface area contributed by atoms with Gasteiger partial charge in [0.25, 0.3) is 5.91 Å². The van der Waals surface area contributed by atoms with Gasteiger partial charge in [0.05, 0.1) is 11.3 Å². The zero-order valence-corrected chi connectivity index (χ0v) is 19.2. The molecule has 0 bridgehead atoms. The van der Waals surface area contributed by atoms with Crippen molar-refractivity contribution in [1.82, 2.24) is 9.80 Å². The van der Waals surface area contributed by atoms with Crippen molar-refractivity contribution < 1.29 is 9.59 Å². The van der Waals surface area contributed by atoms with Crippen molar-refractivity contribution in [3.05, 3.63) is 77.4 Å². The third-order valence-corrected chi connectivity index (χ3v) is 6.85. The Morgan fingerprint density at radius 2 is 1.64 bits per heavy atom. The highest BCUT2D eigenvalue weighted by Crippen LogP contribution is 2.32. The second-order valence-corrected chi connectivity index (χ2v) is 9.36. The third-order valence-electron chi connectivity index (χ3n) is 6.85. The minimum absolute atomic E-state index is 0.00425. The maximum Gasteiger partial charge on any atom is 0.256 e. The molecule has 0 atom stereocenters. The van der Waals surface area contributed by atoms with Crippen LogP contribution in [0.2, 0.25) is 0 Å². The van der Waals surface area contributed by atoms with Gasteiger partial charge in [-0.15, -0.1) is 0 Å². The Balaban J connectivity index is 1.35. The summed E-state index contributed by atoms with van der Waals surface area (Å²) in [7, 11) is 0. The van der Waals surface area contributed by atoms with Crippen molar-refractivity contribution >= 4 is 28.3 Å². The number of carbonyl (C=O) groups is 2. The standard InChI is InChI=1S/C28H31N3O2/c1-20-7-2-3-10-24(20)19-30-13-6-14-31(16-15-30)28(33)25-17-22-8-4-5-9-23(22)18-26(25)29-27(32)21-11-12-21/h2-5,7-10,17-18,21H,6,11-16,19H2,1H3,(H,29,32). The Morgan fingerprint density at radius 3 is 2.39 bits per heavy atom. The number of rotatable bonds is 5. The van der Waals surface area contributed by atoms with E-state index < -0.39 is 0 Å². The molecule has 1 saturated carbocycles. The van der Waals surface area contributed by atoms with Crippen LogP contribution in [0.5, 0.6) is 0 Å². The molecule has 2 aliphatic rings. The van der Waals surface area contributed by atoms with Crippen molar-refractivity contribution in [2.75, 3.05) is 31.5 Å². The van der Waals surface area contributed by atoms with Gasteiger partial charge < -0.3 is 10.2 Å². The summed E-state index contributed by atoms with van der Waals surface area (Å²) < 4.78 is 0. The van der Waals surface area contributed by atoms with Crippen molar-refractivity contribution in [3.63, 3.8) is 0 Å². The molecule has 5 rings (SSSR count). The largest absolute Gasteiger partial charge is 0.337 e. The first-order chi connectivity index (χ1) is 16.1. The third kappa shape index (κ3) is 4.93. The van der Waals surface area contributed by atoms with Gasteiger partial charge in [-0.05, 0) is 60.2 Å². The predicted octanol–water partition coefficient (Wildman–Crippen LogP) is 4.84. The van der Waals surface area contributed by atoms with Crippen LogP contribution in [0, 0.1) is 12.8 Å². The Morgan fingerprint density at radius 1 is 0.909 bits per heavy atom. The van der Waals surface area contributed by atoms with Crippen molar-refractivity contribution in [1.29, 1.82) is 0 Å². The lowest BCUT2D eigenvalue weighted by molar-refractivity contribution is -0.117. The molecule has 0 aromatic heterocycles. The van der Waals surface area contributed by atoms with E-state index in [-0.39, 0.29) is 17.7 Å². The van der Waals surface area contributed by atoms with Crippen molar-refractivity contribution in [3.8, 4) is 0 Å². The van der Waals surface area contributed by atoms with Crippen LogP contribution in [-0.4, -0.2) is 47.8 Å². The molecule has 33 heavy (non-hydrogen) atoms. The number of aryl methyl sites for hydroxylation is 1. The number of nitrogens with one attached hydrogen (secondary N) is 1. The number of hydrogen-bond donors (Lipinski definition) is 1. The summed E-state index contributed by atoms with van der Waals surface area (Å²) >= 11 is 0. The van der Waals surface area contributed by atoms with Crippen LogP contribution < -0.4 is 5.32 Å². The SMILES string of the molecule is Cc1ccccc1CN1CCCN(C(=O)c2cc3ccccc3cc2NC(=O)C2CC2)CC1. The summed E-state index contributed by atoms with van der Waals surface area (Å²) in [5.41, 5.74) is 3.88. The van der Waals surface area contributed by atoms with Gasteiger partial charge in [0.2, 0.25) is 5.91 Å². The molecule has 0 unspecified atom stereocenters. The van der Waals surface area contributed by atoms with Crippen molar-refractivity contribution in [2.45, 2.75) is 32.7 Å². The zero-order chi connectivity index (χ0) is 22.8. The van der Waals surface area contributed by atoms with E-state index in [2.05, 4.69) is 41.4 Å². The van der Waals surface area contributed by atoms with E-state index in [0.717, 1.165) is 56.2 Å². The number of anilines is 1.